The number of hydrogen-bond donors (Lipinski definition) is 1. The largest absolute Gasteiger partial charge is 0.454 e. The zero-order chi connectivity index (χ0) is 13.6. The Labute approximate surface area is 118 Å². The molecule has 0 aliphatic carbocycles. The molecule has 4 nitrogen and oxygen atoms in total. The van der Waals surface area contributed by atoms with Crippen LogP contribution in [-0.4, -0.2) is 22.6 Å². The minimum atomic E-state index is 0.304. The normalized spacial score (nSPS) is 17.3. The molecule has 1 aliphatic heterocycles. The molecule has 1 atom stereocenters. The monoisotopic (exact) mass is 265 g/mol. The number of ether oxygens (including phenoxy) is 1. The Morgan fingerprint density at radius 1 is 1.20 bits per heavy atom. The van der Waals surface area contributed by atoms with Gasteiger partial charge in [-0.15, -0.1) is 0 Å². The van der Waals surface area contributed by atoms with Gasteiger partial charge in [0.2, 0.25) is 0 Å². The van der Waals surface area contributed by atoms with Crippen molar-refractivity contribution in [2.75, 3.05) is 6.54 Å². The van der Waals surface area contributed by atoms with E-state index in [4.69, 9.17) is 4.74 Å². The van der Waals surface area contributed by atoms with Gasteiger partial charge in [-0.1, -0.05) is 11.8 Å². The molecule has 1 N–H and O–H groups in total. The van der Waals surface area contributed by atoms with E-state index in [1.54, 1.807) is 24.8 Å². The van der Waals surface area contributed by atoms with Crippen molar-refractivity contribution in [1.82, 2.24) is 15.3 Å². The maximum atomic E-state index is 5.68. The van der Waals surface area contributed by atoms with Gasteiger partial charge in [-0.05, 0) is 37.6 Å². The average Bonchev–Trinajstić information content (AvgIpc) is 3.00. The Morgan fingerprint density at radius 3 is 2.95 bits per heavy atom. The quantitative estimate of drug-likeness (QED) is 0.847. The van der Waals surface area contributed by atoms with Crippen LogP contribution in [-0.2, 0) is 0 Å². The molecule has 4 heteroatoms. The van der Waals surface area contributed by atoms with E-state index in [0.717, 1.165) is 18.5 Å². The third-order valence-corrected chi connectivity index (χ3v) is 3.03. The van der Waals surface area contributed by atoms with Crippen molar-refractivity contribution in [1.29, 1.82) is 0 Å². The minimum Gasteiger partial charge on any atom is -0.454 e. The number of rotatable bonds is 2. The molecule has 0 spiro atoms. The Balaban J connectivity index is 1.72. The molecule has 0 amide bonds. The Hall–Kier alpha value is -2.38. The molecule has 1 saturated heterocycles. The molecule has 0 bridgehead atoms. The van der Waals surface area contributed by atoms with Gasteiger partial charge < -0.3 is 10.1 Å². The van der Waals surface area contributed by atoms with Crippen LogP contribution in [0.4, 0.5) is 0 Å². The highest BCUT2D eigenvalue weighted by atomic mass is 16.5. The lowest BCUT2D eigenvalue weighted by Crippen LogP contribution is -2.18. The van der Waals surface area contributed by atoms with Crippen LogP contribution in [0.1, 0.15) is 18.4 Å². The van der Waals surface area contributed by atoms with Crippen LogP contribution in [0.5, 0.6) is 11.5 Å². The average molecular weight is 265 g/mol. The Bertz CT molecular complexity index is 625. The van der Waals surface area contributed by atoms with E-state index in [1.807, 2.05) is 18.2 Å². The predicted molar refractivity (Wildman–Crippen MR) is 76.5 cm³/mol. The number of nitrogens with one attached hydrogen (secondary N) is 1. The third kappa shape index (κ3) is 3.34. The van der Waals surface area contributed by atoms with Crippen LogP contribution >= 0.6 is 0 Å². The van der Waals surface area contributed by atoms with Crippen LogP contribution in [0.3, 0.4) is 0 Å². The molecule has 3 rings (SSSR count). The lowest BCUT2D eigenvalue weighted by molar-refractivity contribution is 0.478. The molecule has 0 radical (unpaired) electrons. The molecule has 0 aromatic carbocycles. The number of pyridine rings is 2. The molecule has 1 fully saturated rings. The van der Waals surface area contributed by atoms with Gasteiger partial charge in [0.05, 0.1) is 18.4 Å². The maximum absolute atomic E-state index is 5.68. The van der Waals surface area contributed by atoms with Crippen molar-refractivity contribution in [3.63, 3.8) is 0 Å². The first-order valence-corrected chi connectivity index (χ1v) is 6.68. The van der Waals surface area contributed by atoms with E-state index in [0.29, 0.717) is 17.5 Å². The van der Waals surface area contributed by atoms with Crippen molar-refractivity contribution in [2.24, 2.45) is 0 Å². The highest BCUT2D eigenvalue weighted by Gasteiger charge is 2.09. The summed E-state index contributed by atoms with van der Waals surface area (Å²) in [6.45, 7) is 1.06. The first kappa shape index (κ1) is 12.6. The summed E-state index contributed by atoms with van der Waals surface area (Å²) in [6.07, 6.45) is 9.11. The molecule has 1 aliphatic rings. The fourth-order valence-corrected chi connectivity index (χ4v) is 2.06. The highest BCUT2D eigenvalue weighted by Crippen LogP contribution is 2.19. The summed E-state index contributed by atoms with van der Waals surface area (Å²) < 4.78 is 5.68. The molecule has 0 saturated carbocycles. The van der Waals surface area contributed by atoms with Gasteiger partial charge in [-0.25, -0.2) is 0 Å². The SMILES string of the molecule is C(#CC1CCCN1)c1cncc(Oc2cccnc2)c1. The van der Waals surface area contributed by atoms with Crippen LogP contribution in [0.2, 0.25) is 0 Å². The predicted octanol–water partition coefficient (Wildman–Crippen LogP) is 2.37. The van der Waals surface area contributed by atoms with Gasteiger partial charge >= 0.3 is 0 Å². The fraction of sp³-hybridized carbons (Fsp3) is 0.250. The van der Waals surface area contributed by atoms with Crippen molar-refractivity contribution in [3.8, 4) is 23.3 Å². The standard InChI is InChI=1S/C16H15N3O/c1-3-14(19-8-1)6-5-13-9-16(12-18-10-13)20-15-4-2-7-17-11-15/h2,4,7,9-12,14,19H,1,3,8H2. The van der Waals surface area contributed by atoms with Crippen molar-refractivity contribution in [3.05, 3.63) is 48.5 Å². The first-order chi connectivity index (χ1) is 9.90. The molecule has 2 aromatic rings. The van der Waals surface area contributed by atoms with Crippen LogP contribution in [0.15, 0.2) is 43.0 Å². The van der Waals surface area contributed by atoms with Crippen molar-refractivity contribution >= 4 is 0 Å². The summed E-state index contributed by atoms with van der Waals surface area (Å²) in [4.78, 5) is 8.17. The van der Waals surface area contributed by atoms with Gasteiger partial charge in [-0.2, -0.15) is 0 Å². The van der Waals surface area contributed by atoms with Gasteiger partial charge in [-0.3, -0.25) is 9.97 Å². The summed E-state index contributed by atoms with van der Waals surface area (Å²) in [5, 5.41) is 3.35. The van der Waals surface area contributed by atoms with Gasteiger partial charge in [0.15, 0.2) is 0 Å². The summed E-state index contributed by atoms with van der Waals surface area (Å²) >= 11 is 0. The molecular weight excluding hydrogens is 250 g/mol. The van der Waals surface area contributed by atoms with E-state index >= 15 is 0 Å². The summed E-state index contributed by atoms with van der Waals surface area (Å²) in [5.74, 6) is 7.72. The fourth-order valence-electron chi connectivity index (χ4n) is 2.06. The van der Waals surface area contributed by atoms with E-state index in [2.05, 4.69) is 27.1 Å². The van der Waals surface area contributed by atoms with E-state index < -0.39 is 0 Å². The zero-order valence-corrected chi connectivity index (χ0v) is 11.0. The number of aromatic nitrogens is 2. The third-order valence-electron chi connectivity index (χ3n) is 3.03. The molecule has 100 valence electrons. The van der Waals surface area contributed by atoms with Gasteiger partial charge in [0, 0.05) is 18.0 Å². The zero-order valence-electron chi connectivity index (χ0n) is 11.0. The Morgan fingerprint density at radius 2 is 2.15 bits per heavy atom. The summed E-state index contributed by atoms with van der Waals surface area (Å²) in [5.41, 5.74) is 0.861. The van der Waals surface area contributed by atoms with E-state index in [-0.39, 0.29) is 0 Å². The van der Waals surface area contributed by atoms with Gasteiger partial charge in [0.1, 0.15) is 11.5 Å². The van der Waals surface area contributed by atoms with Crippen molar-refractivity contribution < 1.29 is 4.74 Å². The lowest BCUT2D eigenvalue weighted by atomic mass is 10.2. The smallest absolute Gasteiger partial charge is 0.147 e. The topological polar surface area (TPSA) is 47.0 Å². The second kappa shape index (κ2) is 6.18. The maximum Gasteiger partial charge on any atom is 0.147 e. The lowest BCUT2D eigenvalue weighted by Gasteiger charge is -2.04. The first-order valence-electron chi connectivity index (χ1n) is 6.68. The van der Waals surface area contributed by atoms with Crippen LogP contribution < -0.4 is 10.1 Å². The molecular formula is C16H15N3O. The van der Waals surface area contributed by atoms with Crippen LogP contribution in [0, 0.1) is 11.8 Å². The summed E-state index contributed by atoms with van der Waals surface area (Å²) in [7, 11) is 0. The molecule has 1 unspecified atom stereocenters. The Kier molecular flexibility index (Phi) is 3.91. The highest BCUT2D eigenvalue weighted by molar-refractivity contribution is 5.39. The number of hydrogen-bond acceptors (Lipinski definition) is 4. The van der Waals surface area contributed by atoms with Gasteiger partial charge in [0.25, 0.3) is 0 Å². The molecule has 20 heavy (non-hydrogen) atoms. The summed E-state index contributed by atoms with van der Waals surface area (Å²) in [6, 6.07) is 5.88. The van der Waals surface area contributed by atoms with E-state index in [9.17, 15) is 0 Å². The molecule has 3 heterocycles. The van der Waals surface area contributed by atoms with E-state index in [1.165, 1.54) is 6.42 Å². The second-order valence-corrected chi connectivity index (χ2v) is 4.62. The molecule has 2 aromatic heterocycles. The minimum absolute atomic E-state index is 0.304. The van der Waals surface area contributed by atoms with Crippen molar-refractivity contribution in [2.45, 2.75) is 18.9 Å². The second-order valence-electron chi connectivity index (χ2n) is 4.62. The van der Waals surface area contributed by atoms with Crippen LogP contribution in [0.25, 0.3) is 0 Å². The number of nitrogens with zero attached hydrogens (tertiary/aromatic N) is 2.